The molecule has 3 rings (SSSR count). The maximum absolute atomic E-state index is 12.3. The van der Waals surface area contributed by atoms with Crippen LogP contribution in [0.2, 0.25) is 0 Å². The summed E-state index contributed by atoms with van der Waals surface area (Å²) in [5.41, 5.74) is 1.12. The van der Waals surface area contributed by atoms with Crippen LogP contribution in [-0.4, -0.2) is 39.0 Å². The van der Waals surface area contributed by atoms with Crippen LogP contribution in [0.15, 0.2) is 36.4 Å². The van der Waals surface area contributed by atoms with Crippen molar-refractivity contribution in [3.63, 3.8) is 0 Å². The highest BCUT2D eigenvalue weighted by atomic mass is 16.7. The number of rotatable bonds is 9. The Morgan fingerprint density at radius 3 is 2.55 bits per heavy atom. The highest BCUT2D eigenvalue weighted by Crippen LogP contribution is 2.34. The number of ether oxygens (including phenoxy) is 5. The molecule has 8 heteroatoms. The van der Waals surface area contributed by atoms with E-state index in [1.165, 1.54) is 13.2 Å². The van der Waals surface area contributed by atoms with Crippen LogP contribution in [0.4, 0.5) is 0 Å². The van der Waals surface area contributed by atoms with Gasteiger partial charge in [-0.15, -0.1) is 0 Å². The molecule has 0 spiro atoms. The molecular weight excluding hydrogens is 402 g/mol. The minimum Gasteiger partial charge on any atom is -0.493 e. The molecule has 1 heterocycles. The Morgan fingerprint density at radius 1 is 1.03 bits per heavy atom. The smallest absolute Gasteiger partial charge is 0.338 e. The second-order valence-corrected chi connectivity index (χ2v) is 7.55. The van der Waals surface area contributed by atoms with Crippen LogP contribution in [0.5, 0.6) is 23.0 Å². The fourth-order valence-corrected chi connectivity index (χ4v) is 2.93. The molecule has 2 aromatic rings. The first-order valence-corrected chi connectivity index (χ1v) is 10.0. The Bertz CT molecular complexity index is 942. The van der Waals surface area contributed by atoms with Crippen molar-refractivity contribution < 1.29 is 33.3 Å². The van der Waals surface area contributed by atoms with E-state index in [1.54, 1.807) is 18.2 Å². The number of methoxy groups -OCH3 is 1. The predicted molar refractivity (Wildman–Crippen MR) is 113 cm³/mol. The van der Waals surface area contributed by atoms with E-state index in [1.807, 2.05) is 32.9 Å². The molecule has 0 saturated carbocycles. The first-order valence-electron chi connectivity index (χ1n) is 10.0. The quantitative estimate of drug-likeness (QED) is 0.610. The van der Waals surface area contributed by atoms with E-state index in [9.17, 15) is 9.59 Å². The first kappa shape index (κ1) is 22.3. The number of amides is 1. The van der Waals surface area contributed by atoms with Gasteiger partial charge >= 0.3 is 5.97 Å². The fraction of sp³-hybridized carbons (Fsp3) is 0.391. The summed E-state index contributed by atoms with van der Waals surface area (Å²) in [7, 11) is 1.50. The number of benzene rings is 2. The zero-order valence-electron chi connectivity index (χ0n) is 18.1. The number of esters is 1. The third-order valence-corrected chi connectivity index (χ3v) is 4.58. The summed E-state index contributed by atoms with van der Waals surface area (Å²) in [6.07, 6.45) is 0. The zero-order valence-corrected chi connectivity index (χ0v) is 18.1. The molecule has 8 nitrogen and oxygen atoms in total. The lowest BCUT2D eigenvalue weighted by atomic mass is 10.1. The van der Waals surface area contributed by atoms with Gasteiger partial charge in [-0.3, -0.25) is 4.79 Å². The lowest BCUT2D eigenvalue weighted by Gasteiger charge is -2.15. The van der Waals surface area contributed by atoms with Gasteiger partial charge in [0.2, 0.25) is 6.79 Å². The van der Waals surface area contributed by atoms with Gasteiger partial charge in [0.1, 0.15) is 0 Å². The minimum absolute atomic E-state index is 0.186. The molecule has 0 aliphatic carbocycles. The van der Waals surface area contributed by atoms with Crippen molar-refractivity contribution >= 4 is 11.9 Å². The molecule has 0 radical (unpaired) electrons. The Hall–Kier alpha value is -3.42. The molecule has 1 aliphatic heterocycles. The van der Waals surface area contributed by atoms with Crippen molar-refractivity contribution in [3.8, 4) is 23.0 Å². The molecule has 31 heavy (non-hydrogen) atoms. The summed E-state index contributed by atoms with van der Waals surface area (Å²) in [5.74, 6) is 1.60. The average Bonchev–Trinajstić information content (AvgIpc) is 3.23. The third kappa shape index (κ3) is 5.81. The number of carbonyl (C=O) groups is 2. The Balaban J connectivity index is 1.53. The molecule has 1 atom stereocenters. The molecule has 1 amide bonds. The number of hydrogen-bond donors (Lipinski definition) is 1. The van der Waals surface area contributed by atoms with Crippen molar-refractivity contribution in [1.29, 1.82) is 0 Å². The highest BCUT2D eigenvalue weighted by Gasteiger charge is 2.18. The fourth-order valence-electron chi connectivity index (χ4n) is 2.93. The van der Waals surface area contributed by atoms with Crippen molar-refractivity contribution in [2.45, 2.75) is 26.8 Å². The molecule has 1 N–H and O–H groups in total. The molecule has 0 bridgehead atoms. The largest absolute Gasteiger partial charge is 0.493 e. The van der Waals surface area contributed by atoms with Crippen LogP contribution >= 0.6 is 0 Å². The van der Waals surface area contributed by atoms with Crippen LogP contribution in [0.3, 0.4) is 0 Å². The maximum atomic E-state index is 12.3. The summed E-state index contributed by atoms with van der Waals surface area (Å²) < 4.78 is 26.8. The lowest BCUT2D eigenvalue weighted by molar-refractivity contribution is -0.124. The standard InChI is InChI=1S/C23H27NO7/c1-14(2)11-28-18-8-6-17(10-20(18)27-4)23(26)29-12-22(25)24-15(3)16-5-7-19-21(9-16)31-13-30-19/h5-10,14-15H,11-13H2,1-4H3,(H,24,25). The van der Waals surface area contributed by atoms with Gasteiger partial charge < -0.3 is 29.0 Å². The van der Waals surface area contributed by atoms with E-state index in [0.717, 1.165) is 5.56 Å². The second-order valence-electron chi connectivity index (χ2n) is 7.55. The molecule has 1 aliphatic rings. The van der Waals surface area contributed by atoms with Gasteiger partial charge in [0.15, 0.2) is 29.6 Å². The summed E-state index contributed by atoms with van der Waals surface area (Å²) in [6.45, 7) is 6.22. The van der Waals surface area contributed by atoms with Crippen molar-refractivity contribution in [1.82, 2.24) is 5.32 Å². The van der Waals surface area contributed by atoms with Gasteiger partial charge in [-0.05, 0) is 48.7 Å². The summed E-state index contributed by atoms with van der Waals surface area (Å²) in [4.78, 5) is 24.6. The van der Waals surface area contributed by atoms with E-state index in [-0.39, 0.29) is 18.4 Å². The SMILES string of the molecule is COc1cc(C(=O)OCC(=O)NC(C)c2ccc3c(c2)OCO3)ccc1OCC(C)C. The normalized spacial score (nSPS) is 12.9. The van der Waals surface area contributed by atoms with E-state index >= 15 is 0 Å². The van der Waals surface area contributed by atoms with Gasteiger partial charge in [0.25, 0.3) is 5.91 Å². The van der Waals surface area contributed by atoms with Crippen molar-refractivity contribution in [2.24, 2.45) is 5.92 Å². The minimum atomic E-state index is -0.625. The number of hydrogen-bond acceptors (Lipinski definition) is 7. The summed E-state index contributed by atoms with van der Waals surface area (Å²) >= 11 is 0. The van der Waals surface area contributed by atoms with E-state index in [4.69, 9.17) is 23.7 Å². The van der Waals surface area contributed by atoms with Crippen LogP contribution in [0, 0.1) is 5.92 Å². The average molecular weight is 429 g/mol. The van der Waals surface area contributed by atoms with Crippen LogP contribution in [-0.2, 0) is 9.53 Å². The lowest BCUT2D eigenvalue weighted by Crippen LogP contribution is -2.31. The van der Waals surface area contributed by atoms with Crippen LogP contribution < -0.4 is 24.3 Å². The Morgan fingerprint density at radius 2 is 1.81 bits per heavy atom. The zero-order chi connectivity index (χ0) is 22.4. The topological polar surface area (TPSA) is 92.3 Å². The van der Waals surface area contributed by atoms with Gasteiger partial charge in [-0.1, -0.05) is 19.9 Å². The molecule has 1 unspecified atom stereocenters. The predicted octanol–water partition coefficient (Wildman–Crippen LogP) is 3.49. The van der Waals surface area contributed by atoms with E-state index < -0.39 is 18.5 Å². The number of carbonyl (C=O) groups excluding carboxylic acids is 2. The van der Waals surface area contributed by atoms with E-state index in [2.05, 4.69) is 5.32 Å². The summed E-state index contributed by atoms with van der Waals surface area (Å²) in [6, 6.07) is 9.92. The third-order valence-electron chi connectivity index (χ3n) is 4.58. The van der Waals surface area contributed by atoms with Gasteiger partial charge in [0, 0.05) is 0 Å². The maximum Gasteiger partial charge on any atom is 0.338 e. The second kappa shape index (κ2) is 10.1. The number of fused-ring (bicyclic) bond motifs is 1. The highest BCUT2D eigenvalue weighted by molar-refractivity contribution is 5.92. The van der Waals surface area contributed by atoms with Crippen LogP contribution in [0.25, 0.3) is 0 Å². The van der Waals surface area contributed by atoms with Gasteiger partial charge in [-0.25, -0.2) is 4.79 Å². The van der Waals surface area contributed by atoms with Crippen molar-refractivity contribution in [3.05, 3.63) is 47.5 Å². The molecule has 0 saturated heterocycles. The monoisotopic (exact) mass is 429 g/mol. The first-order chi connectivity index (χ1) is 14.9. The molecule has 0 fully saturated rings. The van der Waals surface area contributed by atoms with Crippen LogP contribution in [0.1, 0.15) is 42.7 Å². The van der Waals surface area contributed by atoms with E-state index in [0.29, 0.717) is 35.5 Å². The Kier molecular flexibility index (Phi) is 7.23. The molecule has 166 valence electrons. The number of nitrogens with one attached hydrogen (secondary N) is 1. The summed E-state index contributed by atoms with van der Waals surface area (Å²) in [5, 5.41) is 2.80. The van der Waals surface area contributed by atoms with Gasteiger partial charge in [0.05, 0.1) is 25.3 Å². The molecule has 0 aromatic heterocycles. The van der Waals surface area contributed by atoms with Gasteiger partial charge in [-0.2, -0.15) is 0 Å². The molecule has 2 aromatic carbocycles. The molecular formula is C23H27NO7. The van der Waals surface area contributed by atoms with Crippen molar-refractivity contribution in [2.75, 3.05) is 27.1 Å². The Labute approximate surface area is 181 Å².